The lowest BCUT2D eigenvalue weighted by Crippen LogP contribution is -2.10. The Morgan fingerprint density at radius 2 is 1.03 bits per heavy atom. The maximum absolute atomic E-state index is 14.0. The summed E-state index contributed by atoms with van der Waals surface area (Å²) in [6.45, 7) is 0. The van der Waals surface area contributed by atoms with Crippen LogP contribution in [0.3, 0.4) is 0 Å². The normalized spacial score (nSPS) is 15.4. The molecule has 0 aromatic heterocycles. The molecular weight excluding hydrogens is 473 g/mol. The number of phosphoric acid groups is 1. The Morgan fingerprint density at radius 1 is 0.667 bits per heavy atom. The molecule has 0 bridgehead atoms. The predicted molar refractivity (Wildman–Crippen MR) is 108 cm³/mol. The first-order chi connectivity index (χ1) is 15.4. The number of phosphoric ester groups is 1. The smallest absolute Gasteiger partial charge is 0.394 e. The highest BCUT2D eigenvalue weighted by Gasteiger charge is 2.46. The third kappa shape index (κ3) is 3.50. The monoisotopic (exact) mass is 484 g/mol. The van der Waals surface area contributed by atoms with Gasteiger partial charge in [-0.15, -0.1) is 0 Å². The fourth-order valence-corrected chi connectivity index (χ4v) is 4.89. The summed E-state index contributed by atoms with van der Waals surface area (Å²) in [7, 11) is -5.44. The van der Waals surface area contributed by atoms with E-state index in [2.05, 4.69) is 0 Å². The zero-order valence-electron chi connectivity index (χ0n) is 16.2. The van der Waals surface area contributed by atoms with Crippen molar-refractivity contribution in [1.29, 1.82) is 0 Å². The van der Waals surface area contributed by atoms with Gasteiger partial charge in [0, 0.05) is 11.1 Å². The van der Waals surface area contributed by atoms with Gasteiger partial charge < -0.3 is 9.05 Å². The highest BCUT2D eigenvalue weighted by molar-refractivity contribution is 7.48. The molecule has 1 aliphatic rings. The molecule has 0 unspecified atom stereocenters. The third-order valence-electron chi connectivity index (χ3n) is 5.28. The van der Waals surface area contributed by atoms with E-state index in [1.807, 2.05) is 0 Å². The minimum Gasteiger partial charge on any atom is -0.394 e. The third-order valence-corrected chi connectivity index (χ3v) is 6.10. The van der Waals surface area contributed by atoms with Crippen LogP contribution >= 0.6 is 7.82 Å². The highest BCUT2D eigenvalue weighted by Crippen LogP contribution is 2.61. The molecular formula is C22H11F6O4P. The van der Waals surface area contributed by atoms with Gasteiger partial charge in [0.05, 0.1) is 11.1 Å². The zero-order valence-corrected chi connectivity index (χ0v) is 17.1. The van der Waals surface area contributed by atoms with E-state index < -0.39 is 53.9 Å². The largest absolute Gasteiger partial charge is 0.584 e. The van der Waals surface area contributed by atoms with E-state index in [-0.39, 0.29) is 21.5 Å². The van der Waals surface area contributed by atoms with Crippen LogP contribution in [0.25, 0.3) is 32.7 Å². The molecule has 11 heteroatoms. The summed E-state index contributed by atoms with van der Waals surface area (Å²) in [6.07, 6.45) is -10.1. The SMILES string of the molecule is O=P1(O)Oc2c(C(F)(F)F)cc3ccccc3c2-c2c(c(C(F)(F)F)cc3ccccc23)O1. The molecule has 0 amide bonds. The van der Waals surface area contributed by atoms with Crippen LogP contribution in [-0.4, -0.2) is 4.89 Å². The number of fused-ring (bicyclic) bond motifs is 7. The summed E-state index contributed by atoms with van der Waals surface area (Å²) in [4.78, 5) is 10.1. The first-order valence-electron chi connectivity index (χ1n) is 9.35. The van der Waals surface area contributed by atoms with Crippen molar-refractivity contribution in [3.63, 3.8) is 0 Å². The average Bonchev–Trinajstić information content (AvgIpc) is 2.84. The maximum Gasteiger partial charge on any atom is 0.584 e. The van der Waals surface area contributed by atoms with Crippen LogP contribution < -0.4 is 9.05 Å². The summed E-state index contributed by atoms with van der Waals surface area (Å²) >= 11 is 0. The minimum absolute atomic E-state index is 0.0503. The van der Waals surface area contributed by atoms with Crippen LogP contribution in [0.15, 0.2) is 60.7 Å². The van der Waals surface area contributed by atoms with Crippen molar-refractivity contribution < 1.29 is 44.8 Å². The Balaban J connectivity index is 2.10. The summed E-state index contributed by atoms with van der Waals surface area (Å²) in [5.41, 5.74) is -3.65. The van der Waals surface area contributed by atoms with Gasteiger partial charge in [0.2, 0.25) is 0 Å². The Kier molecular flexibility index (Phi) is 4.51. The second-order valence-electron chi connectivity index (χ2n) is 7.35. The summed E-state index contributed by atoms with van der Waals surface area (Å²) in [6, 6.07) is 12.8. The molecule has 1 N–H and O–H groups in total. The molecule has 0 saturated carbocycles. The number of hydrogen-bond donors (Lipinski definition) is 1. The van der Waals surface area contributed by atoms with Crippen molar-refractivity contribution in [2.45, 2.75) is 12.4 Å². The van der Waals surface area contributed by atoms with Crippen molar-refractivity contribution in [3.05, 3.63) is 71.8 Å². The maximum atomic E-state index is 14.0. The fraction of sp³-hybridized carbons (Fsp3) is 0.0909. The minimum atomic E-state index is -5.44. The molecule has 0 saturated heterocycles. The Labute approximate surface area is 181 Å². The second kappa shape index (κ2) is 6.88. The Hall–Kier alpha value is -3.23. The van der Waals surface area contributed by atoms with Crippen molar-refractivity contribution in [2.75, 3.05) is 0 Å². The van der Waals surface area contributed by atoms with Gasteiger partial charge in [-0.2, -0.15) is 26.3 Å². The summed E-state index contributed by atoms with van der Waals surface area (Å²) in [5, 5.41) is 0.289. The Morgan fingerprint density at radius 3 is 1.39 bits per heavy atom. The molecule has 0 atom stereocenters. The van der Waals surface area contributed by atoms with Crippen LogP contribution in [0.2, 0.25) is 0 Å². The molecule has 0 spiro atoms. The first-order valence-corrected chi connectivity index (χ1v) is 10.8. The number of hydrogen-bond acceptors (Lipinski definition) is 3. The zero-order chi connectivity index (χ0) is 23.8. The molecule has 1 aliphatic heterocycles. The van der Waals surface area contributed by atoms with E-state index in [0.717, 1.165) is 12.1 Å². The molecule has 4 aromatic rings. The first kappa shape index (κ1) is 21.6. The molecule has 4 nitrogen and oxygen atoms in total. The van der Waals surface area contributed by atoms with E-state index in [0.29, 0.717) is 0 Å². The van der Waals surface area contributed by atoms with Crippen molar-refractivity contribution >= 4 is 29.4 Å². The van der Waals surface area contributed by atoms with E-state index >= 15 is 0 Å². The lowest BCUT2D eigenvalue weighted by atomic mass is 9.88. The predicted octanol–water partition coefficient (Wildman–Crippen LogP) is 7.57. The van der Waals surface area contributed by atoms with Gasteiger partial charge in [0.1, 0.15) is 0 Å². The lowest BCUT2D eigenvalue weighted by molar-refractivity contribution is -0.138. The number of halogens is 6. The molecule has 1 heterocycles. The molecule has 4 aromatic carbocycles. The van der Waals surface area contributed by atoms with Crippen molar-refractivity contribution in [2.24, 2.45) is 0 Å². The van der Waals surface area contributed by atoms with Crippen LogP contribution in [-0.2, 0) is 16.9 Å². The van der Waals surface area contributed by atoms with Crippen LogP contribution in [0.4, 0.5) is 26.3 Å². The quantitative estimate of drug-likeness (QED) is 0.207. The van der Waals surface area contributed by atoms with Gasteiger partial charge in [-0.1, -0.05) is 48.5 Å². The Bertz CT molecular complexity index is 1380. The van der Waals surface area contributed by atoms with E-state index in [1.54, 1.807) is 0 Å². The standard InChI is InChI=1S/C22H11F6O4P/c23-21(24,25)15-9-11-5-1-3-7-13(11)17-18-14-8-4-2-6-12(14)10-16(22(26,27)28)20(18)32-33(29,30)31-19(15)17/h1-10H,(H,29,30). The van der Waals surface area contributed by atoms with Gasteiger partial charge in [-0.25, -0.2) is 4.57 Å². The lowest BCUT2D eigenvalue weighted by Gasteiger charge is -2.19. The topological polar surface area (TPSA) is 55.8 Å². The van der Waals surface area contributed by atoms with Gasteiger partial charge in [0.15, 0.2) is 11.5 Å². The molecule has 0 fully saturated rings. The second-order valence-corrected chi connectivity index (χ2v) is 8.65. The van der Waals surface area contributed by atoms with Gasteiger partial charge in [0.25, 0.3) is 0 Å². The number of rotatable bonds is 0. The average molecular weight is 484 g/mol. The van der Waals surface area contributed by atoms with E-state index in [4.69, 9.17) is 9.05 Å². The van der Waals surface area contributed by atoms with Crippen LogP contribution in [0.1, 0.15) is 11.1 Å². The van der Waals surface area contributed by atoms with Gasteiger partial charge in [-0.3, -0.25) is 4.89 Å². The van der Waals surface area contributed by atoms with Gasteiger partial charge >= 0.3 is 20.2 Å². The van der Waals surface area contributed by atoms with E-state index in [9.17, 15) is 35.8 Å². The molecule has 170 valence electrons. The molecule has 0 radical (unpaired) electrons. The molecule has 33 heavy (non-hydrogen) atoms. The fourth-order valence-electron chi connectivity index (χ4n) is 4.01. The van der Waals surface area contributed by atoms with Crippen LogP contribution in [0, 0.1) is 0 Å². The highest BCUT2D eigenvalue weighted by atomic mass is 31.2. The number of benzene rings is 4. The van der Waals surface area contributed by atoms with Crippen LogP contribution in [0.5, 0.6) is 11.5 Å². The number of alkyl halides is 6. The van der Waals surface area contributed by atoms with Crippen molar-refractivity contribution in [1.82, 2.24) is 0 Å². The summed E-state index contributed by atoms with van der Waals surface area (Å²) < 4.78 is 106. The van der Waals surface area contributed by atoms with Crippen molar-refractivity contribution in [3.8, 4) is 22.6 Å². The summed E-state index contributed by atoms with van der Waals surface area (Å²) in [5.74, 6) is -2.15. The molecule has 5 rings (SSSR count). The van der Waals surface area contributed by atoms with Gasteiger partial charge in [-0.05, 0) is 33.7 Å². The van der Waals surface area contributed by atoms with E-state index in [1.165, 1.54) is 48.5 Å². The molecule has 0 aliphatic carbocycles.